The highest BCUT2D eigenvalue weighted by Crippen LogP contribution is 2.10. The summed E-state index contributed by atoms with van der Waals surface area (Å²) in [6.45, 7) is 1.86. The molecule has 0 unspecified atom stereocenters. The largest absolute Gasteiger partial charge is 0.376 e. The standard InChI is InChI=1S/C8H15NO2.C6H11NO2.C4H7NO2/c10-7-9-6-4-2-1-3-5-8(9)11;8-5-7-4-2-1-3-6(7)9;6-3-5-2-1-4(5)7/h10H,1-7H2;8H,1-5H2;6H,1-3H2. The van der Waals surface area contributed by atoms with Crippen molar-refractivity contribution in [2.24, 2.45) is 0 Å². The number of likely N-dealkylation sites (tertiary alicyclic amines) is 3. The van der Waals surface area contributed by atoms with E-state index in [1.165, 1.54) is 21.1 Å². The molecule has 9 heteroatoms. The summed E-state index contributed by atoms with van der Waals surface area (Å²) >= 11 is 0. The van der Waals surface area contributed by atoms with Gasteiger partial charge in [0, 0.05) is 38.9 Å². The van der Waals surface area contributed by atoms with Crippen molar-refractivity contribution in [2.75, 3.05) is 39.8 Å². The zero-order chi connectivity index (χ0) is 20.1. The van der Waals surface area contributed by atoms with Crippen LogP contribution in [0.4, 0.5) is 0 Å². The minimum Gasteiger partial charge on any atom is -0.376 e. The Labute approximate surface area is 160 Å². The Bertz CT molecular complexity index is 472. The first-order valence-corrected chi connectivity index (χ1v) is 9.69. The van der Waals surface area contributed by atoms with E-state index in [1.54, 1.807) is 0 Å². The van der Waals surface area contributed by atoms with Gasteiger partial charge < -0.3 is 30.0 Å². The summed E-state index contributed by atoms with van der Waals surface area (Å²) in [6, 6.07) is 0. The first-order valence-electron chi connectivity index (χ1n) is 9.69. The zero-order valence-corrected chi connectivity index (χ0v) is 16.0. The number of aliphatic hydroxyl groups is 3. The van der Waals surface area contributed by atoms with Crippen LogP contribution in [-0.2, 0) is 14.4 Å². The van der Waals surface area contributed by atoms with Crippen molar-refractivity contribution in [2.45, 2.75) is 57.8 Å². The van der Waals surface area contributed by atoms with Gasteiger partial charge in [-0.25, -0.2) is 0 Å². The summed E-state index contributed by atoms with van der Waals surface area (Å²) in [5, 5.41) is 25.6. The zero-order valence-electron chi connectivity index (χ0n) is 16.0. The monoisotopic (exact) mass is 387 g/mol. The number of rotatable bonds is 3. The third-order valence-corrected chi connectivity index (χ3v) is 4.80. The maximum Gasteiger partial charge on any atom is 0.226 e. The number of piperidine rings is 1. The number of β-lactam (4-membered cyclic amide) rings is 1. The van der Waals surface area contributed by atoms with Crippen LogP contribution in [0.3, 0.4) is 0 Å². The number of hydrogen-bond donors (Lipinski definition) is 3. The second kappa shape index (κ2) is 13.5. The molecule has 3 aliphatic heterocycles. The fourth-order valence-corrected chi connectivity index (χ4v) is 2.89. The lowest BCUT2D eigenvalue weighted by molar-refractivity contribution is -0.144. The fraction of sp³-hybridized carbons (Fsp3) is 0.833. The minimum absolute atomic E-state index is 0.0579. The number of amides is 3. The van der Waals surface area contributed by atoms with Crippen molar-refractivity contribution in [1.82, 2.24) is 14.7 Å². The summed E-state index contributed by atoms with van der Waals surface area (Å²) in [6.07, 6.45) is 8.21. The van der Waals surface area contributed by atoms with E-state index in [4.69, 9.17) is 15.3 Å². The van der Waals surface area contributed by atoms with Gasteiger partial charge in [0.15, 0.2) is 0 Å². The van der Waals surface area contributed by atoms with Gasteiger partial charge >= 0.3 is 0 Å². The molecule has 0 saturated carbocycles. The van der Waals surface area contributed by atoms with Gasteiger partial charge in [-0.1, -0.05) is 12.8 Å². The first-order chi connectivity index (χ1) is 13.0. The summed E-state index contributed by atoms with van der Waals surface area (Å²) in [5.41, 5.74) is 0. The Hall–Kier alpha value is -1.71. The van der Waals surface area contributed by atoms with Crippen molar-refractivity contribution < 1.29 is 29.7 Å². The Balaban J connectivity index is 0.000000208. The fourth-order valence-electron chi connectivity index (χ4n) is 2.89. The Morgan fingerprint density at radius 1 is 0.519 bits per heavy atom. The van der Waals surface area contributed by atoms with Crippen LogP contribution in [-0.4, -0.2) is 87.6 Å². The molecule has 3 aliphatic rings. The minimum atomic E-state index is -0.112. The van der Waals surface area contributed by atoms with Crippen molar-refractivity contribution in [1.29, 1.82) is 0 Å². The van der Waals surface area contributed by atoms with Crippen LogP contribution in [0.2, 0.25) is 0 Å². The van der Waals surface area contributed by atoms with Crippen LogP contribution in [0.5, 0.6) is 0 Å². The smallest absolute Gasteiger partial charge is 0.226 e. The SMILES string of the molecule is O=C1CCCCCCN1CO.O=C1CCCCN1CO.O=C1CCN1CO. The maximum absolute atomic E-state index is 11.2. The highest BCUT2D eigenvalue weighted by molar-refractivity contribution is 5.81. The normalized spacial score (nSPS) is 20.6. The van der Waals surface area contributed by atoms with Crippen LogP contribution < -0.4 is 0 Å². The predicted octanol–water partition coefficient (Wildman–Crippen LogP) is -0.154. The summed E-state index contributed by atoms with van der Waals surface area (Å²) in [5.74, 6) is 0.249. The number of nitrogens with zero attached hydrogens (tertiary/aromatic N) is 3. The summed E-state index contributed by atoms with van der Waals surface area (Å²) in [4.78, 5) is 36.6. The van der Waals surface area contributed by atoms with Gasteiger partial charge in [0.05, 0.1) is 0 Å². The van der Waals surface area contributed by atoms with E-state index in [0.717, 1.165) is 51.7 Å². The van der Waals surface area contributed by atoms with Crippen LogP contribution in [0, 0.1) is 0 Å². The molecular formula is C18H33N3O6. The van der Waals surface area contributed by atoms with Crippen LogP contribution in [0.1, 0.15) is 57.8 Å². The highest BCUT2D eigenvalue weighted by Gasteiger charge is 2.21. The molecule has 156 valence electrons. The lowest BCUT2D eigenvalue weighted by atomic mass is 10.1. The van der Waals surface area contributed by atoms with E-state index in [2.05, 4.69) is 0 Å². The molecule has 3 amide bonds. The highest BCUT2D eigenvalue weighted by atomic mass is 16.3. The molecule has 3 fully saturated rings. The van der Waals surface area contributed by atoms with Crippen LogP contribution in [0.25, 0.3) is 0 Å². The molecule has 0 spiro atoms. The molecular weight excluding hydrogens is 354 g/mol. The summed E-state index contributed by atoms with van der Waals surface area (Å²) in [7, 11) is 0. The average Bonchev–Trinajstić information content (AvgIpc) is 2.66. The molecule has 3 saturated heterocycles. The van der Waals surface area contributed by atoms with Crippen LogP contribution in [0.15, 0.2) is 0 Å². The van der Waals surface area contributed by atoms with Gasteiger partial charge in [0.25, 0.3) is 0 Å². The Kier molecular flexibility index (Phi) is 11.6. The molecule has 27 heavy (non-hydrogen) atoms. The number of aliphatic hydroxyl groups excluding tert-OH is 3. The molecule has 0 aromatic carbocycles. The van der Waals surface area contributed by atoms with E-state index < -0.39 is 0 Å². The molecule has 0 atom stereocenters. The first kappa shape index (κ1) is 23.3. The van der Waals surface area contributed by atoms with Gasteiger partial charge in [-0.3, -0.25) is 14.4 Å². The molecule has 0 radical (unpaired) electrons. The molecule has 3 N–H and O–H groups in total. The second-order valence-corrected chi connectivity index (χ2v) is 6.77. The van der Waals surface area contributed by atoms with E-state index in [9.17, 15) is 14.4 Å². The Morgan fingerprint density at radius 3 is 1.26 bits per heavy atom. The molecule has 0 aromatic heterocycles. The number of carbonyl (C=O) groups is 3. The van der Waals surface area contributed by atoms with E-state index in [0.29, 0.717) is 19.3 Å². The van der Waals surface area contributed by atoms with Gasteiger partial charge in [-0.05, 0) is 25.7 Å². The third kappa shape index (κ3) is 8.68. The Morgan fingerprint density at radius 2 is 0.889 bits per heavy atom. The van der Waals surface area contributed by atoms with E-state index in [1.807, 2.05) is 0 Å². The molecule has 0 bridgehead atoms. The van der Waals surface area contributed by atoms with Crippen molar-refractivity contribution in [3.63, 3.8) is 0 Å². The lowest BCUT2D eigenvalue weighted by Gasteiger charge is -2.27. The molecule has 0 aliphatic carbocycles. The number of hydrogen-bond acceptors (Lipinski definition) is 6. The van der Waals surface area contributed by atoms with E-state index in [-0.39, 0.29) is 37.9 Å². The molecule has 9 nitrogen and oxygen atoms in total. The predicted molar refractivity (Wildman–Crippen MR) is 97.9 cm³/mol. The second-order valence-electron chi connectivity index (χ2n) is 6.77. The van der Waals surface area contributed by atoms with Crippen LogP contribution >= 0.6 is 0 Å². The average molecular weight is 387 g/mol. The van der Waals surface area contributed by atoms with E-state index >= 15 is 0 Å². The lowest BCUT2D eigenvalue weighted by Crippen LogP contribution is -2.43. The van der Waals surface area contributed by atoms with Crippen molar-refractivity contribution in [3.8, 4) is 0 Å². The van der Waals surface area contributed by atoms with Crippen molar-refractivity contribution >= 4 is 17.7 Å². The topological polar surface area (TPSA) is 122 Å². The quantitative estimate of drug-likeness (QED) is 0.579. The van der Waals surface area contributed by atoms with Gasteiger partial charge in [0.2, 0.25) is 17.7 Å². The van der Waals surface area contributed by atoms with Gasteiger partial charge in [0.1, 0.15) is 20.2 Å². The molecule has 3 heterocycles. The summed E-state index contributed by atoms with van der Waals surface area (Å²) < 4.78 is 0. The number of carbonyl (C=O) groups excluding carboxylic acids is 3. The maximum atomic E-state index is 11.2. The third-order valence-electron chi connectivity index (χ3n) is 4.80. The molecule has 0 aromatic rings. The molecule has 3 rings (SSSR count). The van der Waals surface area contributed by atoms with Gasteiger partial charge in [-0.2, -0.15) is 0 Å². The van der Waals surface area contributed by atoms with Gasteiger partial charge in [-0.15, -0.1) is 0 Å². The van der Waals surface area contributed by atoms with Crippen molar-refractivity contribution in [3.05, 3.63) is 0 Å².